The van der Waals surface area contributed by atoms with Gasteiger partial charge in [-0.1, -0.05) is 6.07 Å². The fourth-order valence-electron chi connectivity index (χ4n) is 2.01. The second-order valence-electron chi connectivity index (χ2n) is 5.50. The van der Waals surface area contributed by atoms with Gasteiger partial charge >= 0.3 is 33.5 Å². The predicted octanol–water partition coefficient (Wildman–Crippen LogP) is 5.64. The van der Waals surface area contributed by atoms with E-state index in [1.54, 1.807) is 0 Å². The van der Waals surface area contributed by atoms with Crippen LogP contribution in [0.25, 0.3) is 0 Å². The summed E-state index contributed by atoms with van der Waals surface area (Å²) in [7, 11) is 9.65. The van der Waals surface area contributed by atoms with Crippen LogP contribution >= 0.6 is 20.1 Å². The van der Waals surface area contributed by atoms with Crippen molar-refractivity contribution in [3.63, 3.8) is 0 Å². The summed E-state index contributed by atoms with van der Waals surface area (Å²) in [5.74, 6) is 0. The Morgan fingerprint density at radius 1 is 0.640 bits per heavy atom. The van der Waals surface area contributed by atoms with E-state index in [1.807, 2.05) is 30.3 Å². The van der Waals surface area contributed by atoms with Crippen LogP contribution in [0.5, 0.6) is 0 Å². The van der Waals surface area contributed by atoms with E-state index < -0.39 is 0 Å². The Kier molecular flexibility index (Phi) is 22.2. The van der Waals surface area contributed by atoms with E-state index in [2.05, 4.69) is 6.92 Å². The van der Waals surface area contributed by atoms with Crippen molar-refractivity contribution in [1.29, 1.82) is 0 Å². The first-order valence-electron chi connectivity index (χ1n) is 8.80. The molecule has 0 radical (unpaired) electrons. The zero-order chi connectivity index (χ0) is 18.4. The zero-order valence-electron chi connectivity index (χ0n) is 15.0. The molecule has 0 N–H and O–H groups in total. The number of hydrogen-bond donors (Lipinski definition) is 0. The van der Waals surface area contributed by atoms with Crippen molar-refractivity contribution in [3.05, 3.63) is 42.8 Å². The molecule has 0 spiro atoms. The van der Waals surface area contributed by atoms with Gasteiger partial charge in [-0.25, -0.2) is 0 Å². The summed E-state index contributed by atoms with van der Waals surface area (Å²) in [6, 6.07) is 9.87. The van der Waals surface area contributed by atoms with Crippen LogP contribution in [0.3, 0.4) is 0 Å². The molecule has 3 fully saturated rings. The van der Waals surface area contributed by atoms with Gasteiger partial charge in [-0.15, -0.1) is 12.1 Å². The third-order valence-corrected chi connectivity index (χ3v) is 3.32. The molecule has 3 aliphatic heterocycles. The van der Waals surface area contributed by atoms with Gasteiger partial charge in [0.05, 0.1) is 0 Å². The standard InChI is InChI=1S/C7H7.3C4H8O.2ClH.Cr/c1-7-5-3-2-4-6-7;3*1-2-4-5-3-1;;;/h2-6H,1H2;3*1-4H2;2*1H;/q-1;;;;;;+3/p-2. The number of benzene rings is 1. The SMILES string of the molecule is C1CCOC1.C1CCOC1.C1CCOC1.[CH2-]c1ccccc1.[Cl][Cr+][Cl]. The molecule has 0 atom stereocenters. The fourth-order valence-corrected chi connectivity index (χ4v) is 2.01. The molecule has 145 valence electrons. The van der Waals surface area contributed by atoms with Gasteiger partial charge < -0.3 is 14.2 Å². The molecule has 0 aromatic heterocycles. The molecule has 4 rings (SSSR count). The van der Waals surface area contributed by atoms with E-state index in [-0.39, 0.29) is 13.4 Å². The van der Waals surface area contributed by atoms with Crippen LogP contribution in [0.15, 0.2) is 30.3 Å². The molecule has 0 amide bonds. The van der Waals surface area contributed by atoms with Gasteiger partial charge in [0.25, 0.3) is 0 Å². The quantitative estimate of drug-likeness (QED) is 0.499. The first kappa shape index (κ1) is 25.1. The summed E-state index contributed by atoms with van der Waals surface area (Å²) in [6.07, 6.45) is 7.67. The Balaban J connectivity index is 0.000000295. The molecule has 6 heteroatoms. The van der Waals surface area contributed by atoms with Crippen molar-refractivity contribution in [2.75, 3.05) is 39.6 Å². The second kappa shape index (κ2) is 22.1. The van der Waals surface area contributed by atoms with Crippen molar-refractivity contribution >= 4 is 20.1 Å². The first-order chi connectivity index (χ1) is 12.3. The molecule has 3 aliphatic rings. The van der Waals surface area contributed by atoms with Gasteiger partial charge in [-0.2, -0.15) is 24.6 Å². The Morgan fingerprint density at radius 3 is 1.04 bits per heavy atom. The predicted molar refractivity (Wildman–Crippen MR) is 103 cm³/mol. The molecule has 3 heterocycles. The molecule has 0 bridgehead atoms. The van der Waals surface area contributed by atoms with Crippen LogP contribution in [-0.2, 0) is 27.6 Å². The first-order valence-corrected chi connectivity index (χ1v) is 12.3. The average Bonchev–Trinajstić information content (AvgIpc) is 3.46. The normalized spacial score (nSPS) is 17.4. The summed E-state index contributed by atoms with van der Waals surface area (Å²) in [5.41, 5.74) is 1.07. The fraction of sp³-hybridized carbons (Fsp3) is 0.632. The average molecular weight is 430 g/mol. The van der Waals surface area contributed by atoms with E-state index in [1.165, 1.54) is 38.5 Å². The molecule has 1 aromatic rings. The van der Waals surface area contributed by atoms with Crippen LogP contribution in [0.1, 0.15) is 44.1 Å². The topological polar surface area (TPSA) is 27.7 Å². The molecule has 3 saturated heterocycles. The van der Waals surface area contributed by atoms with Crippen molar-refractivity contribution in [1.82, 2.24) is 0 Å². The number of rotatable bonds is 0. The van der Waals surface area contributed by atoms with Crippen molar-refractivity contribution in [2.45, 2.75) is 38.5 Å². The minimum absolute atomic E-state index is 0.181. The van der Waals surface area contributed by atoms with E-state index in [0.717, 1.165) is 45.2 Å². The zero-order valence-corrected chi connectivity index (χ0v) is 17.8. The van der Waals surface area contributed by atoms with Gasteiger partial charge in [0, 0.05) is 39.6 Å². The van der Waals surface area contributed by atoms with Crippen LogP contribution in [0.4, 0.5) is 0 Å². The molecular formula is C19H31Cl2CrO3. The van der Waals surface area contributed by atoms with Gasteiger partial charge in [0.1, 0.15) is 0 Å². The summed E-state index contributed by atoms with van der Waals surface area (Å²) in [6.45, 7) is 9.72. The van der Waals surface area contributed by atoms with Crippen LogP contribution in [0.2, 0.25) is 0 Å². The Hall–Kier alpha value is 0.0825. The van der Waals surface area contributed by atoms with Crippen molar-refractivity contribution in [3.8, 4) is 0 Å². The summed E-state index contributed by atoms with van der Waals surface area (Å²) in [4.78, 5) is 0. The van der Waals surface area contributed by atoms with Crippen LogP contribution < -0.4 is 0 Å². The van der Waals surface area contributed by atoms with Gasteiger partial charge in [-0.3, -0.25) is 0 Å². The van der Waals surface area contributed by atoms with E-state index in [0.29, 0.717) is 0 Å². The van der Waals surface area contributed by atoms with Crippen molar-refractivity contribution in [2.24, 2.45) is 0 Å². The molecule has 0 unspecified atom stereocenters. The number of halogens is 2. The number of hydrogen-bond acceptors (Lipinski definition) is 3. The third-order valence-electron chi connectivity index (χ3n) is 3.32. The molecular weight excluding hydrogens is 399 g/mol. The summed E-state index contributed by atoms with van der Waals surface area (Å²) in [5, 5.41) is 0. The number of ether oxygens (including phenoxy) is 3. The Labute approximate surface area is 168 Å². The molecule has 3 nitrogen and oxygen atoms in total. The molecule has 0 saturated carbocycles. The molecule has 0 aliphatic carbocycles. The van der Waals surface area contributed by atoms with E-state index in [4.69, 9.17) is 34.3 Å². The third kappa shape index (κ3) is 22.0. The van der Waals surface area contributed by atoms with Crippen LogP contribution in [-0.4, -0.2) is 39.6 Å². The Bertz CT molecular complexity index is 297. The van der Waals surface area contributed by atoms with E-state index >= 15 is 0 Å². The van der Waals surface area contributed by atoms with Gasteiger partial charge in [0.2, 0.25) is 0 Å². The monoisotopic (exact) mass is 429 g/mol. The van der Waals surface area contributed by atoms with Crippen molar-refractivity contribution < 1.29 is 27.6 Å². The second-order valence-corrected chi connectivity index (χ2v) is 7.61. The summed E-state index contributed by atoms with van der Waals surface area (Å²) < 4.78 is 14.8. The van der Waals surface area contributed by atoms with Crippen LogP contribution in [0, 0.1) is 6.92 Å². The Morgan fingerprint density at radius 2 is 0.920 bits per heavy atom. The van der Waals surface area contributed by atoms with Gasteiger partial charge in [0.15, 0.2) is 0 Å². The van der Waals surface area contributed by atoms with E-state index in [9.17, 15) is 0 Å². The van der Waals surface area contributed by atoms with Gasteiger partial charge in [-0.05, 0) is 38.5 Å². The molecule has 1 aromatic carbocycles. The minimum atomic E-state index is -0.181. The maximum absolute atomic E-state index is 4.94. The maximum atomic E-state index is 4.94. The summed E-state index contributed by atoms with van der Waals surface area (Å²) >= 11 is -0.181. The molecule has 25 heavy (non-hydrogen) atoms.